The highest BCUT2D eigenvalue weighted by atomic mass is 32.2. The molecule has 1 aromatic rings. The first-order chi connectivity index (χ1) is 8.72. The molecular weight excluding hydrogens is 250 g/mol. The number of rotatable bonds is 1. The Morgan fingerprint density at radius 3 is 3.06 bits per heavy atom. The van der Waals surface area contributed by atoms with E-state index in [1.165, 1.54) is 0 Å². The molecule has 4 nitrogen and oxygen atoms in total. The quantitative estimate of drug-likeness (QED) is 0.839. The van der Waals surface area contributed by atoms with Crippen LogP contribution in [0.1, 0.15) is 24.9 Å². The fourth-order valence-electron chi connectivity index (χ4n) is 2.37. The maximum atomic E-state index is 11.9. The maximum Gasteiger partial charge on any atom is 0.231 e. The second-order valence-corrected chi connectivity index (χ2v) is 6.45. The number of benzene rings is 1. The minimum atomic E-state index is -0.742. The summed E-state index contributed by atoms with van der Waals surface area (Å²) in [4.78, 5) is 0. The number of hydrogen-bond acceptors (Lipinski definition) is 4. The molecule has 3 unspecified atom stereocenters. The molecule has 1 saturated heterocycles. The predicted molar refractivity (Wildman–Crippen MR) is 70.4 cm³/mol. The molecule has 0 aliphatic carbocycles. The summed E-state index contributed by atoms with van der Waals surface area (Å²) < 4.78 is 22.6. The van der Waals surface area contributed by atoms with Crippen LogP contribution < -0.4 is 14.8 Å². The Morgan fingerprint density at radius 1 is 1.33 bits per heavy atom. The highest BCUT2D eigenvalue weighted by molar-refractivity contribution is 7.85. The van der Waals surface area contributed by atoms with Crippen LogP contribution in [0.2, 0.25) is 0 Å². The summed E-state index contributed by atoms with van der Waals surface area (Å²) in [6.07, 6.45) is 0.966. The van der Waals surface area contributed by atoms with Gasteiger partial charge < -0.3 is 14.8 Å². The third-order valence-corrected chi connectivity index (χ3v) is 4.81. The molecular formula is C13H17NO3S. The summed E-state index contributed by atoms with van der Waals surface area (Å²) in [5.74, 6) is 3.04. The molecule has 2 heterocycles. The minimum absolute atomic E-state index is 0.137. The van der Waals surface area contributed by atoms with Gasteiger partial charge in [-0.3, -0.25) is 4.21 Å². The molecule has 0 saturated carbocycles. The first kappa shape index (κ1) is 12.0. The highest BCUT2D eigenvalue weighted by Crippen LogP contribution is 2.34. The molecule has 0 amide bonds. The third-order valence-electron chi connectivity index (χ3n) is 3.42. The molecule has 3 atom stereocenters. The van der Waals surface area contributed by atoms with Gasteiger partial charge in [-0.25, -0.2) is 0 Å². The zero-order valence-corrected chi connectivity index (χ0v) is 11.2. The van der Waals surface area contributed by atoms with Crippen molar-refractivity contribution in [3.63, 3.8) is 0 Å². The third kappa shape index (κ3) is 2.37. The average molecular weight is 267 g/mol. The summed E-state index contributed by atoms with van der Waals surface area (Å²) in [6, 6.07) is 6.48. The lowest BCUT2D eigenvalue weighted by Crippen LogP contribution is -2.30. The molecule has 1 N–H and O–H groups in total. The van der Waals surface area contributed by atoms with Crippen molar-refractivity contribution in [2.24, 2.45) is 0 Å². The topological polar surface area (TPSA) is 47.6 Å². The van der Waals surface area contributed by atoms with Gasteiger partial charge in [0.15, 0.2) is 11.5 Å². The lowest BCUT2D eigenvalue weighted by Gasteiger charge is -2.19. The van der Waals surface area contributed by atoms with Gasteiger partial charge in [0.2, 0.25) is 6.79 Å². The maximum absolute atomic E-state index is 11.9. The van der Waals surface area contributed by atoms with Crippen molar-refractivity contribution in [1.29, 1.82) is 0 Å². The van der Waals surface area contributed by atoms with Crippen molar-refractivity contribution in [1.82, 2.24) is 5.32 Å². The Hall–Kier alpha value is -1.07. The van der Waals surface area contributed by atoms with Gasteiger partial charge in [-0.2, -0.15) is 0 Å². The second-order valence-electron chi connectivity index (χ2n) is 4.83. The van der Waals surface area contributed by atoms with Gasteiger partial charge in [0, 0.05) is 34.4 Å². The van der Waals surface area contributed by atoms with E-state index in [0.29, 0.717) is 18.6 Å². The van der Waals surface area contributed by atoms with E-state index in [1.807, 2.05) is 18.2 Å². The van der Waals surface area contributed by atoms with Gasteiger partial charge in [-0.1, -0.05) is 6.07 Å². The van der Waals surface area contributed by atoms with Crippen molar-refractivity contribution in [3.05, 3.63) is 23.8 Å². The monoisotopic (exact) mass is 267 g/mol. The number of hydrogen-bond donors (Lipinski definition) is 1. The van der Waals surface area contributed by atoms with Crippen LogP contribution in [0, 0.1) is 0 Å². The van der Waals surface area contributed by atoms with Crippen molar-refractivity contribution in [2.45, 2.75) is 25.4 Å². The molecule has 5 heteroatoms. The fourth-order valence-corrected chi connectivity index (χ4v) is 3.82. The minimum Gasteiger partial charge on any atom is -0.454 e. The highest BCUT2D eigenvalue weighted by Gasteiger charge is 2.23. The summed E-state index contributed by atoms with van der Waals surface area (Å²) >= 11 is 0. The van der Waals surface area contributed by atoms with Crippen LogP contribution in [0.3, 0.4) is 0 Å². The molecule has 2 aliphatic heterocycles. The zero-order valence-electron chi connectivity index (χ0n) is 10.3. The Morgan fingerprint density at radius 2 is 2.17 bits per heavy atom. The van der Waals surface area contributed by atoms with E-state index >= 15 is 0 Å². The Kier molecular flexibility index (Phi) is 3.26. The van der Waals surface area contributed by atoms with E-state index in [2.05, 4.69) is 12.2 Å². The average Bonchev–Trinajstić information content (AvgIpc) is 2.75. The first-order valence-corrected chi connectivity index (χ1v) is 7.72. The lowest BCUT2D eigenvalue weighted by molar-refractivity contribution is 0.174. The van der Waals surface area contributed by atoms with E-state index in [9.17, 15) is 4.21 Å². The Balaban J connectivity index is 1.86. The number of ether oxygens (including phenoxy) is 2. The van der Waals surface area contributed by atoms with Crippen LogP contribution in [0.5, 0.6) is 11.5 Å². The van der Waals surface area contributed by atoms with Crippen molar-refractivity contribution < 1.29 is 13.7 Å². The second kappa shape index (κ2) is 4.90. The zero-order chi connectivity index (χ0) is 12.5. The summed E-state index contributed by atoms with van der Waals surface area (Å²) in [6.45, 7) is 2.43. The predicted octanol–water partition coefficient (Wildman–Crippen LogP) is 1.59. The van der Waals surface area contributed by atoms with Gasteiger partial charge in [0.25, 0.3) is 0 Å². The van der Waals surface area contributed by atoms with Gasteiger partial charge in [-0.15, -0.1) is 0 Å². The molecule has 0 radical (unpaired) electrons. The van der Waals surface area contributed by atoms with Crippen LogP contribution >= 0.6 is 0 Å². The molecule has 18 heavy (non-hydrogen) atoms. The first-order valence-electron chi connectivity index (χ1n) is 6.23. The number of fused-ring (bicyclic) bond motifs is 1. The smallest absolute Gasteiger partial charge is 0.231 e. The van der Waals surface area contributed by atoms with Gasteiger partial charge in [-0.05, 0) is 31.0 Å². The van der Waals surface area contributed by atoms with Crippen LogP contribution in [0.4, 0.5) is 0 Å². The van der Waals surface area contributed by atoms with Gasteiger partial charge in [0.05, 0.1) is 0 Å². The normalized spacial score (nSPS) is 31.1. The molecule has 3 rings (SSSR count). The van der Waals surface area contributed by atoms with Crippen molar-refractivity contribution >= 4 is 10.8 Å². The van der Waals surface area contributed by atoms with Crippen LogP contribution in [0.25, 0.3) is 0 Å². The summed E-state index contributed by atoms with van der Waals surface area (Å²) in [5.41, 5.74) is 1.13. The molecule has 0 aromatic heterocycles. The molecule has 2 aliphatic rings. The van der Waals surface area contributed by atoms with E-state index in [-0.39, 0.29) is 6.04 Å². The van der Waals surface area contributed by atoms with Crippen LogP contribution in [-0.2, 0) is 10.8 Å². The summed E-state index contributed by atoms with van der Waals surface area (Å²) in [5, 5.41) is 3.53. The van der Waals surface area contributed by atoms with E-state index in [0.717, 1.165) is 29.2 Å². The summed E-state index contributed by atoms with van der Waals surface area (Å²) in [7, 11) is -0.742. The van der Waals surface area contributed by atoms with Crippen LogP contribution in [-0.4, -0.2) is 28.5 Å². The molecule has 0 bridgehead atoms. The molecule has 0 spiro atoms. The largest absolute Gasteiger partial charge is 0.454 e. The van der Waals surface area contributed by atoms with Crippen molar-refractivity contribution in [3.8, 4) is 11.5 Å². The Bertz CT molecular complexity index is 477. The van der Waals surface area contributed by atoms with Crippen molar-refractivity contribution in [2.75, 3.05) is 18.3 Å². The molecule has 1 fully saturated rings. The van der Waals surface area contributed by atoms with Gasteiger partial charge in [0.1, 0.15) is 0 Å². The van der Waals surface area contributed by atoms with E-state index in [1.54, 1.807) is 0 Å². The van der Waals surface area contributed by atoms with Crippen LogP contribution in [0.15, 0.2) is 18.2 Å². The SMILES string of the molecule is CC1CCS(=O)CC(c2ccc3c(c2)OCO3)N1. The van der Waals surface area contributed by atoms with E-state index in [4.69, 9.17) is 9.47 Å². The van der Waals surface area contributed by atoms with Gasteiger partial charge >= 0.3 is 0 Å². The Labute approximate surface area is 109 Å². The molecule has 1 aromatic carbocycles. The standard InChI is InChI=1S/C13H17NO3S/c1-9-4-5-18(15)7-11(14-9)10-2-3-12-13(6-10)17-8-16-12/h2-3,6,9,11,14H,4-5,7-8H2,1H3. The molecule has 98 valence electrons. The fraction of sp³-hybridized carbons (Fsp3) is 0.538. The lowest BCUT2D eigenvalue weighted by atomic mass is 10.1. The van der Waals surface area contributed by atoms with E-state index < -0.39 is 10.8 Å². The number of nitrogens with one attached hydrogen (secondary N) is 1.